The molecular formula is C27H35N3O3. The number of nitrogens with zero attached hydrogens (tertiary/aromatic N) is 1. The summed E-state index contributed by atoms with van der Waals surface area (Å²) in [6, 6.07) is 25.3. The summed E-state index contributed by atoms with van der Waals surface area (Å²) in [5.41, 5.74) is 8.84. The van der Waals surface area contributed by atoms with Crippen LogP contribution in [0.25, 0.3) is 0 Å². The van der Waals surface area contributed by atoms with Crippen LogP contribution < -0.4 is 20.5 Å². The van der Waals surface area contributed by atoms with Crippen molar-refractivity contribution in [2.24, 2.45) is 5.73 Å². The minimum absolute atomic E-state index is 0. The fourth-order valence-electron chi connectivity index (χ4n) is 3.40. The number of hydrogen-bond donors (Lipinski definition) is 2. The number of rotatable bonds is 10. The number of hydrogen-bond acceptors (Lipinski definition) is 4. The summed E-state index contributed by atoms with van der Waals surface area (Å²) in [5.74, 6) is 1.29. The maximum atomic E-state index is 12.9. The lowest BCUT2D eigenvalue weighted by Crippen LogP contribution is -2.42. The highest BCUT2D eigenvalue weighted by atomic mass is 16.5. The van der Waals surface area contributed by atoms with E-state index in [0.29, 0.717) is 37.7 Å². The Labute approximate surface area is 197 Å². The van der Waals surface area contributed by atoms with Gasteiger partial charge in [0.2, 0.25) is 0 Å². The topological polar surface area (TPSA) is 76.8 Å². The van der Waals surface area contributed by atoms with E-state index >= 15 is 0 Å². The van der Waals surface area contributed by atoms with Gasteiger partial charge >= 0.3 is 6.03 Å². The maximum Gasteiger partial charge on any atom is 0.318 e. The summed E-state index contributed by atoms with van der Waals surface area (Å²) in [5, 5.41) is 3.06. The summed E-state index contributed by atoms with van der Waals surface area (Å²) in [7, 11) is 1.61. The highest BCUT2D eigenvalue weighted by molar-refractivity contribution is 5.74. The molecule has 0 aliphatic heterocycles. The second kappa shape index (κ2) is 13.1. The molecule has 0 saturated carbocycles. The summed E-state index contributed by atoms with van der Waals surface area (Å²) in [6.07, 6.45) is 0. The zero-order valence-corrected chi connectivity index (χ0v) is 18.7. The van der Waals surface area contributed by atoms with Crippen LogP contribution >= 0.6 is 0 Å². The van der Waals surface area contributed by atoms with Crippen molar-refractivity contribution in [3.63, 3.8) is 0 Å². The lowest BCUT2D eigenvalue weighted by Gasteiger charge is -2.25. The molecule has 3 aromatic rings. The van der Waals surface area contributed by atoms with Gasteiger partial charge in [-0.3, -0.25) is 0 Å². The third-order valence-corrected chi connectivity index (χ3v) is 5.16. The van der Waals surface area contributed by atoms with Gasteiger partial charge in [0.05, 0.1) is 13.2 Å². The van der Waals surface area contributed by atoms with Gasteiger partial charge in [0, 0.05) is 19.6 Å². The lowest BCUT2D eigenvalue weighted by molar-refractivity contribution is 0.193. The largest absolute Gasteiger partial charge is 0.493 e. The molecule has 0 bridgehead atoms. The molecule has 3 aromatic carbocycles. The lowest BCUT2D eigenvalue weighted by atomic mass is 10.1. The van der Waals surface area contributed by atoms with Crippen LogP contribution in [0, 0.1) is 0 Å². The molecule has 3 N–H and O–H groups in total. The Balaban J connectivity index is 0.00000385. The quantitative estimate of drug-likeness (QED) is 0.449. The molecule has 0 aromatic heterocycles. The van der Waals surface area contributed by atoms with Gasteiger partial charge < -0.3 is 25.4 Å². The van der Waals surface area contributed by atoms with E-state index < -0.39 is 0 Å². The number of nitrogens with one attached hydrogen (secondary N) is 1. The molecule has 0 aliphatic carbocycles. The number of amides is 2. The molecule has 0 radical (unpaired) electrons. The van der Waals surface area contributed by atoms with Crippen molar-refractivity contribution < 1.29 is 14.3 Å². The van der Waals surface area contributed by atoms with Gasteiger partial charge in [-0.1, -0.05) is 74.2 Å². The van der Waals surface area contributed by atoms with Gasteiger partial charge in [0.25, 0.3) is 0 Å². The second-order valence-corrected chi connectivity index (χ2v) is 7.55. The van der Waals surface area contributed by atoms with E-state index in [9.17, 15) is 4.79 Å². The standard InChI is InChI=1S/C26H31N3O3.CH4/c1-20(23-11-7-4-8-12-23)28-26(30)29(16-15-27)18-22-13-14-24(25(17-22)31-2)32-19-21-9-5-3-6-10-21;/h3-14,17,20H,15-16,18-19,27H2,1-2H3,(H,28,30);1H4. The zero-order valence-electron chi connectivity index (χ0n) is 18.7. The van der Waals surface area contributed by atoms with E-state index in [1.807, 2.05) is 85.8 Å². The van der Waals surface area contributed by atoms with Crippen LogP contribution in [0.5, 0.6) is 11.5 Å². The smallest absolute Gasteiger partial charge is 0.318 e. The average molecular weight is 450 g/mol. The molecule has 2 amide bonds. The van der Waals surface area contributed by atoms with Gasteiger partial charge in [-0.25, -0.2) is 4.79 Å². The van der Waals surface area contributed by atoms with Crippen molar-refractivity contribution in [3.8, 4) is 11.5 Å². The molecule has 0 aliphatic rings. The third-order valence-electron chi connectivity index (χ3n) is 5.16. The molecule has 1 unspecified atom stereocenters. The number of methoxy groups -OCH3 is 1. The Morgan fingerprint density at radius 1 is 0.970 bits per heavy atom. The number of nitrogens with two attached hydrogens (primary N) is 1. The van der Waals surface area contributed by atoms with E-state index in [1.54, 1.807) is 12.0 Å². The van der Waals surface area contributed by atoms with Crippen LogP contribution in [-0.4, -0.2) is 31.1 Å². The molecular weight excluding hydrogens is 414 g/mol. The van der Waals surface area contributed by atoms with Crippen LogP contribution in [0.3, 0.4) is 0 Å². The monoisotopic (exact) mass is 449 g/mol. The Kier molecular flexibility index (Phi) is 10.2. The molecule has 176 valence electrons. The summed E-state index contributed by atoms with van der Waals surface area (Å²) in [4.78, 5) is 14.6. The summed E-state index contributed by atoms with van der Waals surface area (Å²) >= 11 is 0. The van der Waals surface area contributed by atoms with Gasteiger partial charge in [-0.15, -0.1) is 0 Å². The SMILES string of the molecule is C.COc1cc(CN(CCN)C(=O)NC(C)c2ccccc2)ccc1OCc1ccccc1. The first-order chi connectivity index (χ1) is 15.6. The van der Waals surface area contributed by atoms with Crippen molar-refractivity contribution in [1.82, 2.24) is 10.2 Å². The van der Waals surface area contributed by atoms with Gasteiger partial charge in [-0.05, 0) is 35.7 Å². The van der Waals surface area contributed by atoms with Crippen LogP contribution in [0.2, 0.25) is 0 Å². The Hall–Kier alpha value is -3.51. The first-order valence-corrected chi connectivity index (χ1v) is 10.7. The minimum Gasteiger partial charge on any atom is -0.493 e. The maximum absolute atomic E-state index is 12.9. The van der Waals surface area contributed by atoms with E-state index in [1.165, 1.54) is 0 Å². The van der Waals surface area contributed by atoms with Crippen molar-refractivity contribution in [3.05, 3.63) is 95.6 Å². The van der Waals surface area contributed by atoms with Crippen molar-refractivity contribution >= 4 is 6.03 Å². The normalized spacial score (nSPS) is 11.1. The minimum atomic E-state index is -0.157. The van der Waals surface area contributed by atoms with Crippen molar-refractivity contribution in [1.29, 1.82) is 0 Å². The highest BCUT2D eigenvalue weighted by Crippen LogP contribution is 2.29. The number of carbonyl (C=O) groups is 1. The fraction of sp³-hybridized carbons (Fsp3) is 0.296. The number of ether oxygens (including phenoxy) is 2. The summed E-state index contributed by atoms with van der Waals surface area (Å²) in [6.45, 7) is 3.66. The molecule has 6 nitrogen and oxygen atoms in total. The van der Waals surface area contributed by atoms with Crippen LogP contribution in [0.1, 0.15) is 37.1 Å². The van der Waals surface area contributed by atoms with E-state index in [2.05, 4.69) is 5.32 Å². The van der Waals surface area contributed by atoms with E-state index in [-0.39, 0.29) is 19.5 Å². The predicted molar refractivity (Wildman–Crippen MR) is 133 cm³/mol. The average Bonchev–Trinajstić information content (AvgIpc) is 2.84. The van der Waals surface area contributed by atoms with Gasteiger partial charge in [0.15, 0.2) is 11.5 Å². The second-order valence-electron chi connectivity index (χ2n) is 7.55. The highest BCUT2D eigenvalue weighted by Gasteiger charge is 2.17. The Morgan fingerprint density at radius 2 is 1.64 bits per heavy atom. The number of benzene rings is 3. The molecule has 1 atom stereocenters. The van der Waals surface area contributed by atoms with Crippen LogP contribution in [0.15, 0.2) is 78.9 Å². The first-order valence-electron chi connectivity index (χ1n) is 10.7. The number of carbonyl (C=O) groups excluding carboxylic acids is 1. The molecule has 6 heteroatoms. The molecule has 33 heavy (non-hydrogen) atoms. The Morgan fingerprint density at radius 3 is 2.27 bits per heavy atom. The van der Waals surface area contributed by atoms with Crippen LogP contribution in [-0.2, 0) is 13.2 Å². The Bertz CT molecular complexity index is 980. The third kappa shape index (κ3) is 7.54. The predicted octanol–water partition coefficient (Wildman–Crippen LogP) is 5.14. The summed E-state index contributed by atoms with van der Waals surface area (Å²) < 4.78 is 11.5. The molecule has 0 heterocycles. The van der Waals surface area contributed by atoms with Gasteiger partial charge in [0.1, 0.15) is 6.61 Å². The molecule has 0 saturated heterocycles. The van der Waals surface area contributed by atoms with Crippen molar-refractivity contribution in [2.45, 2.75) is 33.5 Å². The first kappa shape index (κ1) is 25.7. The van der Waals surface area contributed by atoms with Crippen LogP contribution in [0.4, 0.5) is 4.79 Å². The molecule has 3 rings (SSSR count). The van der Waals surface area contributed by atoms with Gasteiger partial charge in [-0.2, -0.15) is 0 Å². The number of urea groups is 1. The van der Waals surface area contributed by atoms with E-state index in [0.717, 1.165) is 16.7 Å². The molecule has 0 fully saturated rings. The zero-order chi connectivity index (χ0) is 22.8. The van der Waals surface area contributed by atoms with Crippen molar-refractivity contribution in [2.75, 3.05) is 20.2 Å². The molecule has 0 spiro atoms. The fourth-order valence-corrected chi connectivity index (χ4v) is 3.40. The van der Waals surface area contributed by atoms with E-state index in [4.69, 9.17) is 15.2 Å².